The molecule has 0 aromatic rings. The average Bonchev–Trinajstić information content (AvgIpc) is 2.38. The van der Waals surface area contributed by atoms with Crippen LogP contribution in [0.3, 0.4) is 0 Å². The van der Waals surface area contributed by atoms with Crippen LogP contribution in [0.15, 0.2) is 0 Å². The van der Waals surface area contributed by atoms with E-state index in [1.165, 1.54) is 7.11 Å². The van der Waals surface area contributed by atoms with E-state index in [4.69, 9.17) is 4.74 Å². The number of likely N-dealkylation sites (tertiary alicyclic amines) is 1. The van der Waals surface area contributed by atoms with Gasteiger partial charge in [-0.05, 0) is 12.8 Å². The van der Waals surface area contributed by atoms with E-state index in [1.54, 1.807) is 23.8 Å². The lowest BCUT2D eigenvalue weighted by atomic mass is 9.95. The molecule has 1 aliphatic heterocycles. The third-order valence-electron chi connectivity index (χ3n) is 3.51. The van der Waals surface area contributed by atoms with Crippen molar-refractivity contribution in [3.8, 4) is 0 Å². The van der Waals surface area contributed by atoms with Gasteiger partial charge in [0, 0.05) is 46.6 Å². The molecule has 0 aromatic carbocycles. The number of nitrogens with zero attached hydrogens (tertiary/aromatic N) is 2. The van der Waals surface area contributed by atoms with E-state index in [1.807, 2.05) is 0 Å². The van der Waals surface area contributed by atoms with Crippen molar-refractivity contribution in [2.24, 2.45) is 5.92 Å². The number of ether oxygens (including phenoxy) is 1. The first kappa shape index (κ1) is 15.9. The van der Waals surface area contributed by atoms with Crippen LogP contribution in [0.5, 0.6) is 0 Å². The minimum atomic E-state index is -0.656. The molecular weight excluding hydrogens is 248 g/mol. The zero-order valence-corrected chi connectivity index (χ0v) is 12.0. The van der Waals surface area contributed by atoms with Crippen LogP contribution in [0, 0.1) is 5.92 Å². The maximum atomic E-state index is 12.2. The van der Waals surface area contributed by atoms with Gasteiger partial charge in [-0.2, -0.15) is 0 Å². The molecule has 0 saturated carbocycles. The Morgan fingerprint density at radius 2 is 2.00 bits per heavy atom. The maximum Gasteiger partial charge on any atom is 0.225 e. The molecule has 1 heterocycles. The van der Waals surface area contributed by atoms with E-state index < -0.39 is 6.10 Å². The van der Waals surface area contributed by atoms with Gasteiger partial charge >= 0.3 is 0 Å². The van der Waals surface area contributed by atoms with E-state index in [9.17, 15) is 14.7 Å². The van der Waals surface area contributed by atoms with Gasteiger partial charge in [0.1, 0.15) is 0 Å². The van der Waals surface area contributed by atoms with E-state index in [0.717, 1.165) is 0 Å². The standard InChI is InChI=1S/C13H24N2O4/c1-10(16)15-6-4-11(5-7-15)13(18)14(2)8-12(17)9-19-3/h11-12,17H,4-9H2,1-3H3. The number of carbonyl (C=O) groups excluding carboxylic acids is 2. The number of hydrogen-bond acceptors (Lipinski definition) is 4. The van der Waals surface area contributed by atoms with Gasteiger partial charge in [0.15, 0.2) is 0 Å². The molecule has 1 unspecified atom stereocenters. The zero-order valence-electron chi connectivity index (χ0n) is 12.0. The Morgan fingerprint density at radius 1 is 1.42 bits per heavy atom. The van der Waals surface area contributed by atoms with E-state index >= 15 is 0 Å². The lowest BCUT2D eigenvalue weighted by Gasteiger charge is -2.33. The summed E-state index contributed by atoms with van der Waals surface area (Å²) in [6.45, 7) is 3.33. The lowest BCUT2D eigenvalue weighted by Crippen LogP contribution is -2.44. The number of amides is 2. The molecule has 0 aromatic heterocycles. The largest absolute Gasteiger partial charge is 0.389 e. The summed E-state index contributed by atoms with van der Waals surface area (Å²) in [7, 11) is 3.21. The zero-order chi connectivity index (χ0) is 14.4. The van der Waals surface area contributed by atoms with Gasteiger partial charge in [-0.25, -0.2) is 0 Å². The summed E-state index contributed by atoms with van der Waals surface area (Å²) in [6.07, 6.45) is 0.739. The van der Waals surface area contributed by atoms with Gasteiger partial charge < -0.3 is 19.6 Å². The summed E-state index contributed by atoms with van der Waals surface area (Å²) < 4.78 is 4.84. The van der Waals surface area contributed by atoms with Gasteiger partial charge in [-0.1, -0.05) is 0 Å². The van der Waals surface area contributed by atoms with Crippen molar-refractivity contribution in [1.82, 2.24) is 9.80 Å². The second-order valence-electron chi connectivity index (χ2n) is 5.11. The first-order valence-electron chi connectivity index (χ1n) is 6.63. The third kappa shape index (κ3) is 4.80. The van der Waals surface area contributed by atoms with Crippen molar-refractivity contribution >= 4 is 11.8 Å². The van der Waals surface area contributed by atoms with Crippen molar-refractivity contribution in [2.75, 3.05) is 40.4 Å². The van der Waals surface area contributed by atoms with Crippen LogP contribution in [0.25, 0.3) is 0 Å². The second-order valence-corrected chi connectivity index (χ2v) is 5.11. The number of piperidine rings is 1. The Kier molecular flexibility index (Phi) is 6.24. The minimum absolute atomic E-state index is 0.0401. The Hall–Kier alpha value is -1.14. The van der Waals surface area contributed by atoms with E-state index in [-0.39, 0.29) is 30.9 Å². The smallest absolute Gasteiger partial charge is 0.225 e. The second kappa shape index (κ2) is 7.45. The van der Waals surface area contributed by atoms with Crippen LogP contribution < -0.4 is 0 Å². The third-order valence-corrected chi connectivity index (χ3v) is 3.51. The fourth-order valence-corrected chi connectivity index (χ4v) is 2.40. The molecule has 0 aliphatic carbocycles. The highest BCUT2D eigenvalue weighted by atomic mass is 16.5. The van der Waals surface area contributed by atoms with Crippen molar-refractivity contribution < 1.29 is 19.4 Å². The first-order chi connectivity index (χ1) is 8.95. The summed E-state index contributed by atoms with van der Waals surface area (Å²) in [5.41, 5.74) is 0. The molecule has 1 N–H and O–H groups in total. The van der Waals surface area contributed by atoms with Crippen molar-refractivity contribution in [1.29, 1.82) is 0 Å². The maximum absolute atomic E-state index is 12.2. The predicted octanol–water partition coefficient (Wildman–Crippen LogP) is -0.289. The molecule has 1 saturated heterocycles. The van der Waals surface area contributed by atoms with Crippen LogP contribution >= 0.6 is 0 Å². The van der Waals surface area contributed by atoms with Crippen LogP contribution in [0.2, 0.25) is 0 Å². The molecule has 110 valence electrons. The molecule has 1 rings (SSSR count). The van der Waals surface area contributed by atoms with Crippen LogP contribution in [-0.4, -0.2) is 73.2 Å². The number of hydrogen-bond donors (Lipinski definition) is 1. The van der Waals surface area contributed by atoms with Crippen LogP contribution in [0.1, 0.15) is 19.8 Å². The van der Waals surface area contributed by atoms with Crippen molar-refractivity contribution in [3.05, 3.63) is 0 Å². The van der Waals surface area contributed by atoms with Gasteiger partial charge in [-0.3, -0.25) is 9.59 Å². The van der Waals surface area contributed by atoms with Crippen molar-refractivity contribution in [2.45, 2.75) is 25.9 Å². The molecule has 6 nitrogen and oxygen atoms in total. The van der Waals surface area contributed by atoms with Gasteiger partial charge in [0.05, 0.1) is 12.7 Å². The fraction of sp³-hybridized carbons (Fsp3) is 0.846. The Morgan fingerprint density at radius 3 is 2.47 bits per heavy atom. The van der Waals surface area contributed by atoms with Crippen LogP contribution in [-0.2, 0) is 14.3 Å². The quantitative estimate of drug-likeness (QED) is 0.746. The summed E-state index contributed by atoms with van der Waals surface area (Å²) in [4.78, 5) is 26.7. The molecule has 1 atom stereocenters. The number of aliphatic hydroxyl groups excluding tert-OH is 1. The number of carbonyl (C=O) groups is 2. The number of likely N-dealkylation sites (N-methyl/N-ethyl adjacent to an activating group) is 1. The summed E-state index contributed by atoms with van der Waals surface area (Å²) in [5.74, 6) is 0.0588. The number of methoxy groups -OCH3 is 1. The molecular formula is C13H24N2O4. The highest BCUT2D eigenvalue weighted by Crippen LogP contribution is 2.19. The number of rotatable bonds is 5. The Balaban J connectivity index is 2.39. The SMILES string of the molecule is COCC(O)CN(C)C(=O)C1CCN(C(C)=O)CC1. The fourth-order valence-electron chi connectivity index (χ4n) is 2.40. The molecule has 6 heteroatoms. The Labute approximate surface area is 114 Å². The molecule has 1 aliphatic rings. The van der Waals surface area contributed by atoms with Gasteiger partial charge in [0.25, 0.3) is 0 Å². The topological polar surface area (TPSA) is 70.1 Å². The highest BCUT2D eigenvalue weighted by molar-refractivity contribution is 5.79. The molecule has 1 fully saturated rings. The summed E-state index contributed by atoms with van der Waals surface area (Å²) in [6, 6.07) is 0. The van der Waals surface area contributed by atoms with Crippen molar-refractivity contribution in [3.63, 3.8) is 0 Å². The minimum Gasteiger partial charge on any atom is -0.389 e. The molecule has 2 amide bonds. The van der Waals surface area contributed by atoms with E-state index in [0.29, 0.717) is 25.9 Å². The molecule has 0 bridgehead atoms. The summed E-state index contributed by atoms with van der Waals surface area (Å²) in [5, 5.41) is 9.61. The Bertz CT molecular complexity index is 314. The van der Waals surface area contributed by atoms with Crippen LogP contribution in [0.4, 0.5) is 0 Å². The molecule has 0 radical (unpaired) electrons. The first-order valence-corrected chi connectivity index (χ1v) is 6.63. The average molecular weight is 272 g/mol. The highest BCUT2D eigenvalue weighted by Gasteiger charge is 2.28. The normalized spacial score (nSPS) is 18.2. The number of aliphatic hydroxyl groups is 1. The lowest BCUT2D eigenvalue weighted by molar-refractivity contribution is -0.140. The van der Waals surface area contributed by atoms with Gasteiger partial charge in [-0.15, -0.1) is 0 Å². The van der Waals surface area contributed by atoms with E-state index in [2.05, 4.69) is 0 Å². The van der Waals surface area contributed by atoms with Gasteiger partial charge in [0.2, 0.25) is 11.8 Å². The summed E-state index contributed by atoms with van der Waals surface area (Å²) >= 11 is 0. The molecule has 0 spiro atoms. The molecule has 19 heavy (non-hydrogen) atoms. The predicted molar refractivity (Wildman–Crippen MR) is 70.5 cm³/mol. The monoisotopic (exact) mass is 272 g/mol.